The second-order valence-electron chi connectivity index (χ2n) is 8.12. The Labute approximate surface area is 104 Å². The van der Waals surface area contributed by atoms with Crippen molar-refractivity contribution < 1.29 is 0 Å². The van der Waals surface area contributed by atoms with E-state index >= 15 is 0 Å². The zero-order valence-corrected chi connectivity index (χ0v) is 13.2. The van der Waals surface area contributed by atoms with Crippen LogP contribution in [0.5, 0.6) is 0 Å². The molecule has 16 heavy (non-hydrogen) atoms. The van der Waals surface area contributed by atoms with Crippen molar-refractivity contribution in [2.45, 2.75) is 81.6 Å². The van der Waals surface area contributed by atoms with E-state index in [-0.39, 0.29) is 0 Å². The summed E-state index contributed by atoms with van der Waals surface area (Å²) >= 11 is 0. The Morgan fingerprint density at radius 2 is 1.12 bits per heavy atom. The monoisotopic (exact) mass is 226 g/mol. The Morgan fingerprint density at radius 3 is 1.38 bits per heavy atom. The molecule has 0 saturated heterocycles. The van der Waals surface area contributed by atoms with Gasteiger partial charge in [0.2, 0.25) is 0 Å². The summed E-state index contributed by atoms with van der Waals surface area (Å²) < 4.78 is 0. The molecule has 0 heterocycles. The largest absolute Gasteiger partial charge is 0.0628 e. The molecule has 0 aromatic carbocycles. The standard InChI is InChI=1S/C16H34/c1-13(2)11-10-12-16(9,14(3,4)5)15(6,7)8/h13H,10-12H2,1-9H3. The molecular formula is C16H34. The molecule has 0 unspecified atom stereocenters. The lowest BCUT2D eigenvalue weighted by Gasteiger charge is -2.52. The van der Waals surface area contributed by atoms with E-state index in [1.54, 1.807) is 0 Å². The van der Waals surface area contributed by atoms with E-state index < -0.39 is 0 Å². The van der Waals surface area contributed by atoms with Crippen LogP contribution in [0.15, 0.2) is 0 Å². The van der Waals surface area contributed by atoms with E-state index in [0.717, 1.165) is 5.92 Å². The first-order valence-electron chi connectivity index (χ1n) is 6.92. The van der Waals surface area contributed by atoms with Gasteiger partial charge in [0.15, 0.2) is 0 Å². The molecule has 0 heteroatoms. The molecule has 0 bridgehead atoms. The van der Waals surface area contributed by atoms with Crippen molar-refractivity contribution in [2.75, 3.05) is 0 Å². The van der Waals surface area contributed by atoms with E-state index in [4.69, 9.17) is 0 Å². The zero-order valence-electron chi connectivity index (χ0n) is 13.2. The minimum absolute atomic E-state index is 0.377. The lowest BCUT2D eigenvalue weighted by molar-refractivity contribution is -0.0244. The van der Waals surface area contributed by atoms with E-state index in [2.05, 4.69) is 62.3 Å². The van der Waals surface area contributed by atoms with Gasteiger partial charge < -0.3 is 0 Å². The molecule has 0 spiro atoms. The molecule has 98 valence electrons. The highest BCUT2D eigenvalue weighted by atomic mass is 14.5. The second kappa shape index (κ2) is 5.10. The Hall–Kier alpha value is 0. The summed E-state index contributed by atoms with van der Waals surface area (Å²) in [6.45, 7) is 21.5. The fourth-order valence-corrected chi connectivity index (χ4v) is 2.74. The van der Waals surface area contributed by atoms with Gasteiger partial charge in [-0.1, -0.05) is 75.2 Å². The van der Waals surface area contributed by atoms with Gasteiger partial charge in [0.25, 0.3) is 0 Å². The lowest BCUT2D eigenvalue weighted by atomic mass is 9.53. The Kier molecular flexibility index (Phi) is 5.10. The van der Waals surface area contributed by atoms with Crippen molar-refractivity contribution in [3.63, 3.8) is 0 Å². The fraction of sp³-hybridized carbons (Fsp3) is 1.00. The number of hydrogen-bond donors (Lipinski definition) is 0. The molecule has 0 saturated carbocycles. The third-order valence-electron chi connectivity index (χ3n) is 4.77. The lowest BCUT2D eigenvalue weighted by Crippen LogP contribution is -2.43. The van der Waals surface area contributed by atoms with Crippen LogP contribution in [0.2, 0.25) is 0 Å². The minimum atomic E-state index is 0.377. The molecule has 0 rings (SSSR count). The first-order valence-corrected chi connectivity index (χ1v) is 6.92. The highest BCUT2D eigenvalue weighted by Gasteiger charge is 2.45. The quantitative estimate of drug-likeness (QED) is 0.559. The van der Waals surface area contributed by atoms with Gasteiger partial charge in [-0.05, 0) is 28.6 Å². The van der Waals surface area contributed by atoms with Gasteiger partial charge in [-0.15, -0.1) is 0 Å². The SMILES string of the molecule is CC(C)CCCC(C)(C(C)(C)C)C(C)(C)C. The molecule has 0 N–H and O–H groups in total. The topological polar surface area (TPSA) is 0 Å². The maximum atomic E-state index is 2.48. The van der Waals surface area contributed by atoms with Crippen LogP contribution in [-0.4, -0.2) is 0 Å². The third kappa shape index (κ3) is 3.79. The first-order chi connectivity index (χ1) is 6.92. The van der Waals surface area contributed by atoms with Gasteiger partial charge in [0, 0.05) is 0 Å². The predicted octanol–water partition coefficient (Wildman–Crippen LogP) is 5.91. The van der Waals surface area contributed by atoms with Gasteiger partial charge in [0.05, 0.1) is 0 Å². The van der Waals surface area contributed by atoms with Gasteiger partial charge >= 0.3 is 0 Å². The molecule has 0 amide bonds. The molecular weight excluding hydrogens is 192 g/mol. The van der Waals surface area contributed by atoms with Gasteiger partial charge in [-0.2, -0.15) is 0 Å². The summed E-state index contributed by atoms with van der Waals surface area (Å²) in [6, 6.07) is 0. The Bertz CT molecular complexity index is 183. The summed E-state index contributed by atoms with van der Waals surface area (Å²) in [5, 5.41) is 0. The number of hydrogen-bond acceptors (Lipinski definition) is 0. The van der Waals surface area contributed by atoms with Crippen LogP contribution < -0.4 is 0 Å². The highest BCUT2D eigenvalue weighted by molar-refractivity contribution is 4.95. The molecule has 0 aliphatic carbocycles. The molecule has 0 radical (unpaired) electrons. The maximum Gasteiger partial charge on any atom is -0.0229 e. The van der Waals surface area contributed by atoms with Gasteiger partial charge in [-0.25, -0.2) is 0 Å². The van der Waals surface area contributed by atoms with Gasteiger partial charge in [0.1, 0.15) is 0 Å². The van der Waals surface area contributed by atoms with Crippen LogP contribution in [0.25, 0.3) is 0 Å². The summed E-state index contributed by atoms with van der Waals surface area (Å²) in [7, 11) is 0. The van der Waals surface area contributed by atoms with E-state index in [1.807, 2.05) is 0 Å². The van der Waals surface area contributed by atoms with Crippen molar-refractivity contribution in [3.05, 3.63) is 0 Å². The third-order valence-corrected chi connectivity index (χ3v) is 4.77. The van der Waals surface area contributed by atoms with Crippen LogP contribution in [0, 0.1) is 22.2 Å². The zero-order chi connectivity index (χ0) is 13.2. The molecule has 0 aromatic heterocycles. The summed E-state index contributed by atoms with van der Waals surface area (Å²) in [6.07, 6.45) is 4.07. The van der Waals surface area contributed by atoms with Crippen molar-refractivity contribution >= 4 is 0 Å². The van der Waals surface area contributed by atoms with Crippen LogP contribution >= 0.6 is 0 Å². The normalized spacial score (nSPS) is 14.6. The first kappa shape index (κ1) is 16.0. The number of rotatable bonds is 4. The molecule has 0 aliphatic rings. The average Bonchev–Trinajstić information content (AvgIpc) is 1.98. The minimum Gasteiger partial charge on any atom is -0.0628 e. The highest BCUT2D eigenvalue weighted by Crippen LogP contribution is 2.54. The molecule has 0 fully saturated rings. The molecule has 0 atom stereocenters. The summed E-state index contributed by atoms with van der Waals surface area (Å²) in [4.78, 5) is 0. The average molecular weight is 226 g/mol. The van der Waals surface area contributed by atoms with E-state index in [0.29, 0.717) is 16.2 Å². The molecule has 0 aliphatic heterocycles. The van der Waals surface area contributed by atoms with Crippen molar-refractivity contribution in [1.29, 1.82) is 0 Å². The molecule has 0 aromatic rings. The van der Waals surface area contributed by atoms with Crippen LogP contribution in [-0.2, 0) is 0 Å². The van der Waals surface area contributed by atoms with Crippen LogP contribution in [0.1, 0.15) is 81.6 Å². The Morgan fingerprint density at radius 1 is 0.750 bits per heavy atom. The summed E-state index contributed by atoms with van der Waals surface area (Å²) in [5.74, 6) is 0.837. The second-order valence-corrected chi connectivity index (χ2v) is 8.12. The summed E-state index contributed by atoms with van der Waals surface area (Å²) in [5.41, 5.74) is 1.17. The van der Waals surface area contributed by atoms with E-state index in [9.17, 15) is 0 Å². The van der Waals surface area contributed by atoms with Crippen molar-refractivity contribution in [3.8, 4) is 0 Å². The van der Waals surface area contributed by atoms with Crippen molar-refractivity contribution in [1.82, 2.24) is 0 Å². The predicted molar refractivity (Wildman–Crippen MR) is 75.7 cm³/mol. The van der Waals surface area contributed by atoms with Gasteiger partial charge in [-0.3, -0.25) is 0 Å². The fourth-order valence-electron chi connectivity index (χ4n) is 2.74. The van der Waals surface area contributed by atoms with Crippen LogP contribution in [0.4, 0.5) is 0 Å². The van der Waals surface area contributed by atoms with E-state index in [1.165, 1.54) is 19.3 Å². The smallest absolute Gasteiger partial charge is 0.0229 e. The molecule has 0 nitrogen and oxygen atoms in total. The van der Waals surface area contributed by atoms with Crippen LogP contribution in [0.3, 0.4) is 0 Å². The Balaban J connectivity index is 4.71. The van der Waals surface area contributed by atoms with Crippen molar-refractivity contribution in [2.24, 2.45) is 22.2 Å². The maximum absolute atomic E-state index is 2.48.